The highest BCUT2D eigenvalue weighted by Crippen LogP contribution is 2.38. The molecule has 0 radical (unpaired) electrons. The minimum atomic E-state index is -4.40. The van der Waals surface area contributed by atoms with Crippen LogP contribution in [-0.4, -0.2) is 49.6 Å². The number of ether oxygens (including phenoxy) is 1. The molecule has 0 spiro atoms. The van der Waals surface area contributed by atoms with Crippen LogP contribution in [-0.2, 0) is 19.6 Å². The molecule has 1 aromatic heterocycles. The lowest BCUT2D eigenvalue weighted by Gasteiger charge is -2.43. The standard InChI is InChI=1S/C25H25N3O7S/c1-35-21-9-5-18(6-10-21)19-7-11-22(12-8-19)36(33,34)28(26-17-29)15-13-20(16-24(28)25(30)31)23-4-2-3-14-27(23)32/h2-12,14,17,20,24H,13,15-16H2,1H3,(H-,26,29,30,31)/p+1/t20-,24-,28?/m1/s1. The van der Waals surface area contributed by atoms with Gasteiger partial charge in [-0.2, -0.15) is 18.6 Å². The Kier molecular flexibility index (Phi) is 6.95. The molecule has 1 unspecified atom stereocenters. The molecule has 36 heavy (non-hydrogen) atoms. The van der Waals surface area contributed by atoms with Gasteiger partial charge in [0.05, 0.1) is 13.0 Å². The summed E-state index contributed by atoms with van der Waals surface area (Å²) in [6.45, 7) is -0.224. The van der Waals surface area contributed by atoms with Crippen LogP contribution in [0.3, 0.4) is 0 Å². The highest BCUT2D eigenvalue weighted by atomic mass is 32.2. The summed E-state index contributed by atoms with van der Waals surface area (Å²) < 4.78 is 32.4. The summed E-state index contributed by atoms with van der Waals surface area (Å²) in [5.74, 6) is -1.19. The quantitative estimate of drug-likeness (QED) is 0.204. The molecule has 2 heterocycles. The van der Waals surface area contributed by atoms with Crippen LogP contribution in [0, 0.1) is 5.21 Å². The van der Waals surface area contributed by atoms with Gasteiger partial charge in [-0.15, -0.1) is 4.00 Å². The fourth-order valence-electron chi connectivity index (χ4n) is 4.76. The number of piperidine rings is 1. The van der Waals surface area contributed by atoms with Crippen molar-refractivity contribution in [1.29, 1.82) is 0 Å². The molecule has 3 atom stereocenters. The molecule has 0 aliphatic carbocycles. The van der Waals surface area contributed by atoms with E-state index in [1.54, 1.807) is 49.6 Å². The Bertz CT molecular complexity index is 1360. The van der Waals surface area contributed by atoms with Crippen LogP contribution in [0.1, 0.15) is 24.5 Å². The first-order chi connectivity index (χ1) is 17.2. The van der Waals surface area contributed by atoms with Crippen molar-refractivity contribution < 1.29 is 36.6 Å². The summed E-state index contributed by atoms with van der Waals surface area (Å²) in [6, 6.07) is 16.6. The summed E-state index contributed by atoms with van der Waals surface area (Å²) >= 11 is 0. The molecule has 1 amide bonds. The highest BCUT2D eigenvalue weighted by Gasteiger charge is 2.58. The third-order valence-corrected chi connectivity index (χ3v) is 8.92. The molecule has 0 bridgehead atoms. The van der Waals surface area contributed by atoms with Crippen LogP contribution in [0.2, 0.25) is 0 Å². The molecule has 1 aliphatic heterocycles. The molecule has 3 aromatic rings. The van der Waals surface area contributed by atoms with Crippen molar-refractivity contribution in [3.63, 3.8) is 0 Å². The van der Waals surface area contributed by atoms with Gasteiger partial charge in [0.15, 0.2) is 11.9 Å². The van der Waals surface area contributed by atoms with Gasteiger partial charge in [-0.1, -0.05) is 30.3 Å². The van der Waals surface area contributed by atoms with Crippen molar-refractivity contribution in [2.75, 3.05) is 13.7 Å². The number of hydrogen-bond donors (Lipinski definition) is 2. The van der Waals surface area contributed by atoms with E-state index in [1.165, 1.54) is 18.3 Å². The predicted molar refractivity (Wildman–Crippen MR) is 129 cm³/mol. The van der Waals surface area contributed by atoms with Crippen molar-refractivity contribution in [1.82, 2.24) is 5.43 Å². The second-order valence-electron chi connectivity index (χ2n) is 8.52. The molecular formula is C25H26N3O7S+. The van der Waals surface area contributed by atoms with Crippen LogP contribution in [0.15, 0.2) is 77.8 Å². The first-order valence-corrected chi connectivity index (χ1v) is 12.7. The molecule has 2 N–H and O–H groups in total. The van der Waals surface area contributed by atoms with Crippen molar-refractivity contribution in [3.8, 4) is 16.9 Å². The Labute approximate surface area is 208 Å². The molecular weight excluding hydrogens is 486 g/mol. The van der Waals surface area contributed by atoms with Crippen LogP contribution in [0.5, 0.6) is 5.75 Å². The lowest BCUT2D eigenvalue weighted by Crippen LogP contribution is -2.71. The van der Waals surface area contributed by atoms with Crippen LogP contribution < -0.4 is 14.9 Å². The topological polar surface area (TPSA) is 137 Å². The lowest BCUT2D eigenvalue weighted by molar-refractivity contribution is -0.865. The number of rotatable bonds is 8. The third-order valence-electron chi connectivity index (χ3n) is 6.65. The molecule has 11 heteroatoms. The van der Waals surface area contributed by atoms with Gasteiger partial charge in [-0.25, -0.2) is 4.79 Å². The van der Waals surface area contributed by atoms with E-state index in [2.05, 4.69) is 5.43 Å². The van der Waals surface area contributed by atoms with E-state index in [0.29, 0.717) is 16.2 Å². The zero-order valence-electron chi connectivity index (χ0n) is 19.5. The molecule has 4 rings (SSSR count). The molecule has 1 aliphatic rings. The average molecular weight is 513 g/mol. The summed E-state index contributed by atoms with van der Waals surface area (Å²) in [5, 5.41) is 22.3. The van der Waals surface area contributed by atoms with Gasteiger partial charge < -0.3 is 15.1 Å². The number of aromatic nitrogens is 1. The number of carboxylic acid groups (broad SMARTS) is 1. The molecule has 1 saturated heterocycles. The Balaban J connectivity index is 1.70. The Morgan fingerprint density at radius 3 is 2.31 bits per heavy atom. The van der Waals surface area contributed by atoms with Gasteiger partial charge in [0.2, 0.25) is 6.04 Å². The predicted octanol–water partition coefficient (Wildman–Crippen LogP) is 2.19. The number of pyridine rings is 1. The molecule has 10 nitrogen and oxygen atoms in total. The van der Waals surface area contributed by atoms with Crippen LogP contribution in [0.25, 0.3) is 11.1 Å². The summed E-state index contributed by atoms with van der Waals surface area (Å²) in [7, 11) is -2.83. The van der Waals surface area contributed by atoms with E-state index in [-0.39, 0.29) is 30.7 Å². The number of benzene rings is 2. The Morgan fingerprint density at radius 2 is 1.75 bits per heavy atom. The van der Waals surface area contributed by atoms with E-state index in [1.807, 2.05) is 12.1 Å². The number of sulfonamides is 1. The average Bonchev–Trinajstić information content (AvgIpc) is 2.89. The van der Waals surface area contributed by atoms with Crippen molar-refractivity contribution in [2.45, 2.75) is 29.7 Å². The normalized spacial score (nSPS) is 21.9. The smallest absolute Gasteiger partial charge is 0.366 e. The number of carbonyl (C=O) groups excluding carboxylic acids is 1. The molecule has 2 aromatic carbocycles. The van der Waals surface area contributed by atoms with E-state index >= 15 is 0 Å². The lowest BCUT2D eigenvalue weighted by atomic mass is 9.88. The fraction of sp³-hybridized carbons (Fsp3) is 0.240. The first-order valence-electron chi connectivity index (χ1n) is 11.2. The number of carboxylic acids is 1. The number of methoxy groups -OCH3 is 1. The summed E-state index contributed by atoms with van der Waals surface area (Å²) in [6.07, 6.45) is 1.55. The van der Waals surface area contributed by atoms with Crippen molar-refractivity contribution >= 4 is 22.4 Å². The van der Waals surface area contributed by atoms with Crippen molar-refractivity contribution in [3.05, 3.63) is 83.8 Å². The highest BCUT2D eigenvalue weighted by molar-refractivity contribution is 7.86. The number of carbonyl (C=O) groups is 2. The van der Waals surface area contributed by atoms with Crippen LogP contribution in [0.4, 0.5) is 0 Å². The number of nitrogens with zero attached hydrogens (tertiary/aromatic N) is 2. The maximum atomic E-state index is 13.9. The van der Waals surface area contributed by atoms with Gasteiger partial charge in [0.25, 0.3) is 6.41 Å². The maximum absolute atomic E-state index is 13.9. The zero-order chi connectivity index (χ0) is 25.9. The minimum absolute atomic E-state index is 0.127. The second kappa shape index (κ2) is 9.96. The largest absolute Gasteiger partial charge is 0.618 e. The molecule has 188 valence electrons. The molecule has 1 fully saturated rings. The summed E-state index contributed by atoms with van der Waals surface area (Å²) in [4.78, 5) is 23.8. The monoisotopic (exact) mass is 512 g/mol. The maximum Gasteiger partial charge on any atom is 0.366 e. The van der Waals surface area contributed by atoms with Gasteiger partial charge in [-0.3, -0.25) is 4.79 Å². The third kappa shape index (κ3) is 4.38. The SMILES string of the molecule is COc1ccc(-c2ccc(S(=O)(=O)[N+]3(NC=O)CC[C@@H](c4cccc[n+]4[O-])C[C@@H]3C(=O)O)cc2)cc1. The number of nitrogens with one attached hydrogen (secondary N) is 1. The Hall–Kier alpha value is -3.96. The minimum Gasteiger partial charge on any atom is -0.618 e. The first kappa shape index (κ1) is 25.1. The molecule has 0 saturated carbocycles. The number of aliphatic carboxylic acids is 1. The van der Waals surface area contributed by atoms with E-state index in [0.717, 1.165) is 11.1 Å². The number of amides is 1. The van der Waals surface area contributed by atoms with Gasteiger partial charge >= 0.3 is 16.0 Å². The summed E-state index contributed by atoms with van der Waals surface area (Å²) in [5.41, 5.74) is 4.25. The number of hydrogen-bond acceptors (Lipinski definition) is 6. The van der Waals surface area contributed by atoms with Gasteiger partial charge in [0, 0.05) is 25.0 Å². The van der Waals surface area contributed by atoms with Gasteiger partial charge in [-0.05, 0) is 35.4 Å². The van der Waals surface area contributed by atoms with E-state index < -0.39 is 31.9 Å². The van der Waals surface area contributed by atoms with Gasteiger partial charge in [0.1, 0.15) is 17.2 Å². The van der Waals surface area contributed by atoms with Crippen LogP contribution >= 0.6 is 0 Å². The van der Waals surface area contributed by atoms with E-state index in [4.69, 9.17) is 4.74 Å². The van der Waals surface area contributed by atoms with E-state index in [9.17, 15) is 28.3 Å². The second-order valence-corrected chi connectivity index (χ2v) is 10.6. The zero-order valence-corrected chi connectivity index (χ0v) is 20.3. The Morgan fingerprint density at radius 1 is 1.11 bits per heavy atom. The fourth-order valence-corrected chi connectivity index (χ4v) is 6.65. The van der Waals surface area contributed by atoms with Crippen molar-refractivity contribution in [2.24, 2.45) is 0 Å². The number of quaternary nitrogens is 1.